The number of nitrogen functional groups attached to an aromatic ring is 2. The average Bonchev–Trinajstić information content (AvgIpc) is 3.35. The molecule has 12 heteroatoms. The molecule has 0 unspecified atom stereocenters. The van der Waals surface area contributed by atoms with Crippen LogP contribution >= 0.6 is 46.4 Å². The molecule has 0 aliphatic heterocycles. The van der Waals surface area contributed by atoms with E-state index in [9.17, 15) is 0 Å². The second kappa shape index (κ2) is 7.83. The zero-order valence-electron chi connectivity index (χ0n) is 16.0. The Kier molecular flexibility index (Phi) is 5.10. The molecule has 2 aromatic carbocycles. The van der Waals surface area contributed by atoms with Gasteiger partial charge in [-0.2, -0.15) is 10.2 Å². The predicted octanol–water partition coefficient (Wildman–Crippen LogP) is 5.45. The van der Waals surface area contributed by atoms with Crippen molar-refractivity contribution >= 4 is 69.1 Å². The van der Waals surface area contributed by atoms with Crippen molar-refractivity contribution in [3.8, 4) is 22.8 Å². The van der Waals surface area contributed by atoms with Crippen molar-refractivity contribution in [2.45, 2.75) is 0 Å². The van der Waals surface area contributed by atoms with Crippen molar-refractivity contribution in [1.29, 1.82) is 0 Å². The number of halogens is 4. The first kappa shape index (κ1) is 20.8. The number of hydrogen-bond acceptors (Lipinski definition) is 6. The lowest BCUT2D eigenvalue weighted by Crippen LogP contribution is -2.05. The Labute approximate surface area is 201 Å². The molecule has 32 heavy (non-hydrogen) atoms. The predicted molar refractivity (Wildman–Crippen MR) is 128 cm³/mol. The minimum atomic E-state index is 0.224. The summed E-state index contributed by atoms with van der Waals surface area (Å²) in [7, 11) is 0. The molecule has 3 heterocycles. The normalized spacial score (nSPS) is 11.4. The summed E-state index contributed by atoms with van der Waals surface area (Å²) in [4.78, 5) is 9.02. The summed E-state index contributed by atoms with van der Waals surface area (Å²) in [5.41, 5.74) is 14.5. The third-order valence-electron chi connectivity index (χ3n) is 4.78. The van der Waals surface area contributed by atoms with Gasteiger partial charge in [-0.3, -0.25) is 0 Å². The summed E-state index contributed by atoms with van der Waals surface area (Å²) in [6.45, 7) is 0. The number of aromatic nitrogens is 6. The van der Waals surface area contributed by atoms with E-state index >= 15 is 0 Å². The van der Waals surface area contributed by atoms with Crippen molar-refractivity contribution in [3.05, 3.63) is 68.9 Å². The van der Waals surface area contributed by atoms with Crippen LogP contribution in [-0.2, 0) is 0 Å². The molecule has 160 valence electrons. The molecule has 3 aromatic heterocycles. The maximum absolute atomic E-state index is 6.37. The fourth-order valence-corrected chi connectivity index (χ4v) is 3.97. The number of benzene rings is 2. The molecule has 5 rings (SSSR count). The Bertz CT molecular complexity index is 1510. The van der Waals surface area contributed by atoms with Gasteiger partial charge < -0.3 is 11.5 Å². The van der Waals surface area contributed by atoms with E-state index in [-0.39, 0.29) is 17.5 Å². The second-order valence-corrected chi connectivity index (χ2v) is 8.46. The molecule has 0 bridgehead atoms. The van der Waals surface area contributed by atoms with Gasteiger partial charge in [-0.05, 0) is 36.4 Å². The van der Waals surface area contributed by atoms with Gasteiger partial charge in [0.25, 0.3) is 0 Å². The van der Waals surface area contributed by atoms with Crippen molar-refractivity contribution in [2.24, 2.45) is 0 Å². The van der Waals surface area contributed by atoms with E-state index in [1.54, 1.807) is 47.3 Å². The highest BCUT2D eigenvalue weighted by Crippen LogP contribution is 2.33. The number of rotatable bonds is 3. The van der Waals surface area contributed by atoms with E-state index in [1.807, 2.05) is 0 Å². The first-order valence-electron chi connectivity index (χ1n) is 9.09. The summed E-state index contributed by atoms with van der Waals surface area (Å²) in [6, 6.07) is 10.0. The number of hydrogen-bond donors (Lipinski definition) is 2. The van der Waals surface area contributed by atoms with Crippen LogP contribution in [0.1, 0.15) is 0 Å². The number of anilines is 2. The lowest BCUT2D eigenvalue weighted by molar-refractivity contribution is 0.891. The molecule has 0 fully saturated rings. The average molecular weight is 506 g/mol. The third kappa shape index (κ3) is 3.41. The zero-order chi connectivity index (χ0) is 22.6. The van der Waals surface area contributed by atoms with Gasteiger partial charge in [-0.25, -0.2) is 19.3 Å². The number of nitrogens with zero attached hydrogens (tertiary/aromatic N) is 6. The van der Waals surface area contributed by atoms with Crippen LogP contribution in [-0.4, -0.2) is 29.5 Å². The Balaban J connectivity index is 1.69. The molecule has 4 N–H and O–H groups in total. The van der Waals surface area contributed by atoms with Gasteiger partial charge in [0.05, 0.1) is 44.8 Å². The summed E-state index contributed by atoms with van der Waals surface area (Å²) in [5, 5.41) is 11.1. The first-order chi connectivity index (χ1) is 15.3. The molecule has 0 radical (unpaired) electrons. The molecule has 0 saturated heterocycles. The van der Waals surface area contributed by atoms with Crippen LogP contribution in [0.3, 0.4) is 0 Å². The minimum Gasteiger partial charge on any atom is -0.383 e. The Hall–Kier alpha value is -3.04. The van der Waals surface area contributed by atoms with Crippen molar-refractivity contribution in [1.82, 2.24) is 29.5 Å². The molecule has 0 saturated carbocycles. The summed E-state index contributed by atoms with van der Waals surface area (Å²) < 4.78 is 3.00. The standard InChI is InChI=1S/C20H12Cl4N8/c21-9-1-3-13(23)15(5-9)31-18(26)12(8-27-31)19-29-17(25)11-7-28-32(20(11)30-19)16-6-10(22)2-4-14(16)24/h1-8H,26H2,(H2,25,29,30). The van der Waals surface area contributed by atoms with E-state index < -0.39 is 0 Å². The quantitative estimate of drug-likeness (QED) is 0.337. The fourth-order valence-electron chi connectivity index (χ4n) is 3.25. The fraction of sp³-hybridized carbons (Fsp3) is 0. The van der Waals surface area contributed by atoms with E-state index in [0.717, 1.165) is 0 Å². The largest absolute Gasteiger partial charge is 0.383 e. The zero-order valence-corrected chi connectivity index (χ0v) is 19.0. The number of nitrogens with two attached hydrogens (primary N) is 2. The van der Waals surface area contributed by atoms with E-state index in [2.05, 4.69) is 20.2 Å². The van der Waals surface area contributed by atoms with E-state index in [1.165, 1.54) is 10.9 Å². The van der Waals surface area contributed by atoms with Crippen molar-refractivity contribution < 1.29 is 0 Å². The van der Waals surface area contributed by atoms with Gasteiger partial charge in [-0.15, -0.1) is 0 Å². The van der Waals surface area contributed by atoms with Crippen LogP contribution in [0.25, 0.3) is 33.8 Å². The van der Waals surface area contributed by atoms with Gasteiger partial charge >= 0.3 is 0 Å². The Morgan fingerprint density at radius 2 is 1.31 bits per heavy atom. The van der Waals surface area contributed by atoms with Crippen molar-refractivity contribution in [3.63, 3.8) is 0 Å². The van der Waals surface area contributed by atoms with Crippen molar-refractivity contribution in [2.75, 3.05) is 11.5 Å². The van der Waals surface area contributed by atoms with Gasteiger partial charge in [0.15, 0.2) is 11.5 Å². The van der Waals surface area contributed by atoms with Crippen LogP contribution in [0.4, 0.5) is 11.6 Å². The summed E-state index contributed by atoms with van der Waals surface area (Å²) in [6.07, 6.45) is 3.09. The van der Waals surface area contributed by atoms with E-state index in [0.29, 0.717) is 48.1 Å². The maximum atomic E-state index is 6.37. The highest BCUT2D eigenvalue weighted by molar-refractivity contribution is 6.35. The van der Waals surface area contributed by atoms with E-state index in [4.69, 9.17) is 57.9 Å². The van der Waals surface area contributed by atoms with Gasteiger partial charge in [0.2, 0.25) is 0 Å². The SMILES string of the molecule is Nc1nc(-c2cnn(-c3cc(Cl)ccc3Cl)c2N)nc2c1cnn2-c1cc(Cl)ccc1Cl. The van der Waals surface area contributed by atoms with Crippen LogP contribution < -0.4 is 11.5 Å². The molecule has 8 nitrogen and oxygen atoms in total. The third-order valence-corrected chi connectivity index (χ3v) is 5.89. The molecule has 5 aromatic rings. The molecular weight excluding hydrogens is 494 g/mol. The van der Waals surface area contributed by atoms with Gasteiger partial charge in [0.1, 0.15) is 11.6 Å². The number of fused-ring (bicyclic) bond motifs is 1. The monoisotopic (exact) mass is 504 g/mol. The Morgan fingerprint density at radius 1 is 0.719 bits per heavy atom. The van der Waals surface area contributed by atoms with Gasteiger partial charge in [0, 0.05) is 10.0 Å². The molecule has 0 spiro atoms. The lowest BCUT2D eigenvalue weighted by Gasteiger charge is -2.09. The topological polar surface area (TPSA) is 113 Å². The van der Waals surface area contributed by atoms with Crippen LogP contribution in [0, 0.1) is 0 Å². The maximum Gasteiger partial charge on any atom is 0.169 e. The van der Waals surface area contributed by atoms with Crippen LogP contribution in [0.2, 0.25) is 20.1 Å². The molecule has 0 aliphatic carbocycles. The molecule has 0 aliphatic rings. The second-order valence-electron chi connectivity index (χ2n) is 6.77. The lowest BCUT2D eigenvalue weighted by atomic mass is 10.2. The minimum absolute atomic E-state index is 0.224. The highest BCUT2D eigenvalue weighted by Gasteiger charge is 2.20. The molecular formula is C20H12Cl4N8. The molecule has 0 atom stereocenters. The first-order valence-corrected chi connectivity index (χ1v) is 10.6. The van der Waals surface area contributed by atoms with Gasteiger partial charge in [-0.1, -0.05) is 46.4 Å². The summed E-state index contributed by atoms with van der Waals surface area (Å²) in [5.74, 6) is 0.749. The molecule has 0 amide bonds. The summed E-state index contributed by atoms with van der Waals surface area (Å²) >= 11 is 24.9. The van der Waals surface area contributed by atoms with Crippen LogP contribution in [0.5, 0.6) is 0 Å². The van der Waals surface area contributed by atoms with Crippen LogP contribution in [0.15, 0.2) is 48.8 Å². The Morgan fingerprint density at radius 3 is 1.97 bits per heavy atom. The highest BCUT2D eigenvalue weighted by atomic mass is 35.5. The smallest absolute Gasteiger partial charge is 0.169 e.